The predicted octanol–water partition coefficient (Wildman–Crippen LogP) is 1.25. The predicted molar refractivity (Wildman–Crippen MR) is 80.5 cm³/mol. The number of rotatable bonds is 7. The Hall–Kier alpha value is -0.680. The number of thiocarbonyl (C=S) groups is 1. The number of carbonyl (C=O) groups excluding carboxylic acids is 1. The van der Waals surface area contributed by atoms with Crippen LogP contribution in [0.2, 0.25) is 0 Å². The van der Waals surface area contributed by atoms with Crippen LogP contribution in [-0.4, -0.2) is 43.0 Å². The summed E-state index contributed by atoms with van der Waals surface area (Å²) in [4.78, 5) is 14.4. The van der Waals surface area contributed by atoms with Gasteiger partial charge in [-0.3, -0.25) is 4.79 Å². The van der Waals surface area contributed by atoms with E-state index in [9.17, 15) is 4.79 Å². The molecule has 5 heteroatoms. The van der Waals surface area contributed by atoms with E-state index >= 15 is 0 Å². The summed E-state index contributed by atoms with van der Waals surface area (Å²) in [6, 6.07) is 0. The van der Waals surface area contributed by atoms with E-state index in [1.54, 1.807) is 0 Å². The average molecular weight is 273 g/mol. The van der Waals surface area contributed by atoms with Crippen LogP contribution < -0.4 is 11.1 Å². The summed E-state index contributed by atoms with van der Waals surface area (Å²) in [6.45, 7) is 9.68. The maximum atomic E-state index is 12.1. The Labute approximate surface area is 116 Å². The fraction of sp³-hybridized carbons (Fsp3) is 0.846. The fourth-order valence-electron chi connectivity index (χ4n) is 2.11. The molecule has 0 aromatic carbocycles. The van der Waals surface area contributed by atoms with Gasteiger partial charge in [0, 0.05) is 13.1 Å². The molecule has 4 nitrogen and oxygen atoms in total. The van der Waals surface area contributed by atoms with Crippen molar-refractivity contribution < 1.29 is 4.79 Å². The van der Waals surface area contributed by atoms with Gasteiger partial charge in [0.15, 0.2) is 0 Å². The van der Waals surface area contributed by atoms with Crippen molar-refractivity contribution in [2.24, 2.45) is 23.0 Å². The molecule has 0 radical (unpaired) electrons. The number of hydrogen-bond acceptors (Lipinski definition) is 3. The second-order valence-electron chi connectivity index (χ2n) is 6.24. The van der Waals surface area contributed by atoms with E-state index < -0.39 is 0 Å². The molecular weight excluding hydrogens is 246 g/mol. The minimum atomic E-state index is -0.379. The third-order valence-corrected chi connectivity index (χ3v) is 3.00. The van der Waals surface area contributed by atoms with Gasteiger partial charge in [0.25, 0.3) is 0 Å². The molecule has 0 aromatic heterocycles. The van der Waals surface area contributed by atoms with Crippen LogP contribution in [0.1, 0.15) is 27.7 Å². The summed E-state index contributed by atoms with van der Waals surface area (Å²) in [6.07, 6.45) is 0. The van der Waals surface area contributed by atoms with Crippen molar-refractivity contribution in [1.29, 1.82) is 0 Å². The molecule has 1 unspecified atom stereocenters. The van der Waals surface area contributed by atoms with E-state index in [0.29, 0.717) is 6.54 Å². The molecule has 0 aliphatic rings. The summed E-state index contributed by atoms with van der Waals surface area (Å²) < 4.78 is 0. The van der Waals surface area contributed by atoms with Crippen molar-refractivity contribution in [2.75, 3.05) is 27.2 Å². The highest BCUT2D eigenvalue weighted by Crippen LogP contribution is 2.16. The van der Waals surface area contributed by atoms with Crippen LogP contribution in [0.3, 0.4) is 0 Å². The number of nitrogens with two attached hydrogens (primary N) is 1. The van der Waals surface area contributed by atoms with Gasteiger partial charge >= 0.3 is 0 Å². The second kappa shape index (κ2) is 7.04. The Kier molecular flexibility index (Phi) is 6.78. The van der Waals surface area contributed by atoms with Crippen LogP contribution >= 0.6 is 12.2 Å². The number of nitrogens with zero attached hydrogens (tertiary/aromatic N) is 1. The number of carbonyl (C=O) groups is 1. The van der Waals surface area contributed by atoms with Gasteiger partial charge in [0.05, 0.1) is 10.9 Å². The van der Waals surface area contributed by atoms with Crippen molar-refractivity contribution in [3.8, 4) is 0 Å². The maximum Gasteiger partial charge on any atom is 0.230 e. The van der Waals surface area contributed by atoms with Gasteiger partial charge in [0.1, 0.15) is 0 Å². The molecule has 0 aliphatic carbocycles. The molecule has 0 saturated heterocycles. The number of hydrogen-bond donors (Lipinski definition) is 2. The Balaban J connectivity index is 4.44. The van der Waals surface area contributed by atoms with Crippen molar-refractivity contribution >= 4 is 23.1 Å². The third kappa shape index (κ3) is 6.31. The Bertz CT molecular complexity index is 301. The lowest BCUT2D eigenvalue weighted by atomic mass is 9.91. The lowest BCUT2D eigenvalue weighted by Gasteiger charge is -2.29. The highest BCUT2D eigenvalue weighted by Gasteiger charge is 2.27. The first kappa shape index (κ1) is 17.3. The molecule has 0 rings (SSSR count). The van der Waals surface area contributed by atoms with Crippen molar-refractivity contribution in [2.45, 2.75) is 27.7 Å². The fourth-order valence-corrected chi connectivity index (χ4v) is 2.49. The molecule has 18 heavy (non-hydrogen) atoms. The lowest BCUT2D eigenvalue weighted by molar-refractivity contribution is -0.124. The van der Waals surface area contributed by atoms with Crippen molar-refractivity contribution in [3.63, 3.8) is 0 Å². The summed E-state index contributed by atoms with van der Waals surface area (Å²) in [5.74, 6) is -0.320. The van der Waals surface area contributed by atoms with Crippen LogP contribution in [0.4, 0.5) is 0 Å². The molecule has 0 heterocycles. The van der Waals surface area contributed by atoms with Crippen molar-refractivity contribution in [3.05, 3.63) is 0 Å². The van der Waals surface area contributed by atoms with Crippen LogP contribution in [-0.2, 0) is 4.79 Å². The van der Waals surface area contributed by atoms with Gasteiger partial charge < -0.3 is 16.0 Å². The molecule has 106 valence electrons. The van der Waals surface area contributed by atoms with Gasteiger partial charge in [-0.1, -0.05) is 39.9 Å². The Morgan fingerprint density at radius 3 is 2.22 bits per heavy atom. The van der Waals surface area contributed by atoms with E-state index in [0.717, 1.165) is 6.54 Å². The smallest absolute Gasteiger partial charge is 0.230 e. The first-order valence-corrected chi connectivity index (χ1v) is 6.69. The molecule has 0 fully saturated rings. The SMILES string of the molecule is CC(C)C(C(=O)NCC(C)(C)CN(C)C)C(N)=S. The van der Waals surface area contributed by atoms with E-state index in [2.05, 4.69) is 24.1 Å². The van der Waals surface area contributed by atoms with Gasteiger partial charge in [-0.15, -0.1) is 0 Å². The molecule has 0 aromatic rings. The molecule has 0 aliphatic heterocycles. The minimum absolute atomic E-state index is 0.0247. The number of amides is 1. The highest BCUT2D eigenvalue weighted by molar-refractivity contribution is 7.80. The summed E-state index contributed by atoms with van der Waals surface area (Å²) >= 11 is 4.96. The average Bonchev–Trinajstić information content (AvgIpc) is 2.11. The van der Waals surface area contributed by atoms with Gasteiger partial charge in [-0.25, -0.2) is 0 Å². The number of nitrogens with one attached hydrogen (secondary N) is 1. The summed E-state index contributed by atoms with van der Waals surface area (Å²) in [7, 11) is 4.05. The standard InChI is InChI=1S/C13H27N3OS/c1-9(2)10(11(14)18)12(17)15-7-13(3,4)8-16(5)6/h9-10H,7-8H2,1-6H3,(H2,14,18)(H,15,17). The Morgan fingerprint density at radius 1 is 1.39 bits per heavy atom. The normalized spacial score (nSPS) is 13.8. The molecule has 1 amide bonds. The first-order valence-electron chi connectivity index (χ1n) is 6.28. The molecule has 0 bridgehead atoms. The summed E-state index contributed by atoms with van der Waals surface area (Å²) in [5.41, 5.74) is 5.65. The molecule has 0 saturated carbocycles. The third-order valence-electron chi connectivity index (χ3n) is 2.74. The largest absolute Gasteiger partial charge is 0.393 e. The lowest BCUT2D eigenvalue weighted by Crippen LogP contribution is -2.45. The first-order chi connectivity index (χ1) is 8.07. The zero-order valence-electron chi connectivity index (χ0n) is 12.4. The highest BCUT2D eigenvalue weighted by atomic mass is 32.1. The minimum Gasteiger partial charge on any atom is -0.393 e. The van der Waals surface area contributed by atoms with Crippen molar-refractivity contribution in [1.82, 2.24) is 10.2 Å². The van der Waals surface area contributed by atoms with Gasteiger partial charge in [-0.05, 0) is 25.4 Å². The van der Waals surface area contributed by atoms with Crippen LogP contribution in [0.5, 0.6) is 0 Å². The second-order valence-corrected chi connectivity index (χ2v) is 6.72. The molecule has 0 spiro atoms. The van der Waals surface area contributed by atoms with E-state index in [-0.39, 0.29) is 28.1 Å². The quantitative estimate of drug-likeness (QED) is 0.685. The van der Waals surface area contributed by atoms with E-state index in [1.165, 1.54) is 0 Å². The van der Waals surface area contributed by atoms with Gasteiger partial charge in [0.2, 0.25) is 5.91 Å². The van der Waals surface area contributed by atoms with E-state index in [1.807, 2.05) is 27.9 Å². The van der Waals surface area contributed by atoms with Crippen LogP contribution in [0, 0.1) is 17.3 Å². The van der Waals surface area contributed by atoms with Gasteiger partial charge in [-0.2, -0.15) is 0 Å². The molecule has 3 N–H and O–H groups in total. The summed E-state index contributed by atoms with van der Waals surface area (Å²) in [5, 5.41) is 2.96. The Morgan fingerprint density at radius 2 is 1.89 bits per heavy atom. The monoisotopic (exact) mass is 273 g/mol. The van der Waals surface area contributed by atoms with Crippen LogP contribution in [0.25, 0.3) is 0 Å². The van der Waals surface area contributed by atoms with E-state index in [4.69, 9.17) is 18.0 Å². The van der Waals surface area contributed by atoms with Crippen LogP contribution in [0.15, 0.2) is 0 Å². The molecule has 1 atom stereocenters. The topological polar surface area (TPSA) is 58.4 Å². The zero-order chi connectivity index (χ0) is 14.5. The molecular formula is C13H27N3OS. The zero-order valence-corrected chi connectivity index (χ0v) is 13.2. The maximum absolute atomic E-state index is 12.1.